The molecule has 0 saturated carbocycles. The Morgan fingerprint density at radius 2 is 1.77 bits per heavy atom. The number of sulfonamides is 1. The second-order valence-corrected chi connectivity index (χ2v) is 10.2. The largest absolute Gasteiger partial charge is 0.343 e. The molecule has 2 aromatic carbocycles. The third kappa shape index (κ3) is 5.34. The number of carbonyl (C=O) groups is 1. The molecule has 0 radical (unpaired) electrons. The van der Waals surface area contributed by atoms with Crippen molar-refractivity contribution in [2.45, 2.75) is 43.9 Å². The standard InChI is InChI=1S/C24H29N3O3S/c1-18(15-23-25-21-9-5-6-10-22(21)31(29,30)26-23)16-24(28)27-13-11-20(12-14-27)17-19-7-3-2-4-8-19/h2-10,18,20H,11-17H2,1H3,(H,25,26)/t18-/m1/s1. The van der Waals surface area contributed by atoms with Crippen LogP contribution in [0.15, 0.2) is 63.9 Å². The average Bonchev–Trinajstić information content (AvgIpc) is 2.74. The number of anilines is 1. The summed E-state index contributed by atoms with van der Waals surface area (Å²) in [6.45, 7) is 3.56. The molecule has 1 amide bonds. The van der Waals surface area contributed by atoms with Crippen molar-refractivity contribution in [1.29, 1.82) is 0 Å². The van der Waals surface area contributed by atoms with Crippen molar-refractivity contribution >= 4 is 27.5 Å². The Morgan fingerprint density at radius 3 is 2.52 bits per heavy atom. The summed E-state index contributed by atoms with van der Waals surface area (Å²) in [6.07, 6.45) is 3.94. The lowest BCUT2D eigenvalue weighted by molar-refractivity contribution is -0.133. The average molecular weight is 440 g/mol. The molecule has 2 heterocycles. The van der Waals surface area contributed by atoms with Gasteiger partial charge in [-0.2, -0.15) is 8.42 Å². The van der Waals surface area contributed by atoms with Crippen LogP contribution in [0.1, 0.15) is 38.2 Å². The first kappa shape index (κ1) is 21.6. The van der Waals surface area contributed by atoms with Gasteiger partial charge in [0.15, 0.2) is 0 Å². The van der Waals surface area contributed by atoms with Crippen molar-refractivity contribution < 1.29 is 13.2 Å². The van der Waals surface area contributed by atoms with E-state index >= 15 is 0 Å². The second kappa shape index (κ2) is 9.22. The molecule has 4 rings (SSSR count). The van der Waals surface area contributed by atoms with Gasteiger partial charge in [-0.25, -0.2) is 0 Å². The fourth-order valence-electron chi connectivity index (χ4n) is 4.42. The van der Waals surface area contributed by atoms with Crippen molar-refractivity contribution in [3.05, 3.63) is 60.2 Å². The molecule has 1 fully saturated rings. The number of para-hydroxylation sites is 1. The predicted molar refractivity (Wildman–Crippen MR) is 123 cm³/mol. The van der Waals surface area contributed by atoms with Gasteiger partial charge in [0, 0.05) is 25.9 Å². The SMILES string of the molecule is C[C@@H](CC(=O)N1CCC(Cc2ccccc2)CC1)CC1=NS(=O)(=O)c2ccccc2N1. The number of amidine groups is 1. The minimum absolute atomic E-state index is 0.00116. The first-order valence-corrected chi connectivity index (χ1v) is 12.4. The minimum atomic E-state index is -3.69. The Hall–Kier alpha value is -2.67. The van der Waals surface area contributed by atoms with Crippen molar-refractivity contribution in [2.75, 3.05) is 18.4 Å². The van der Waals surface area contributed by atoms with E-state index in [2.05, 4.69) is 34.0 Å². The van der Waals surface area contributed by atoms with Crippen LogP contribution in [0.4, 0.5) is 5.69 Å². The van der Waals surface area contributed by atoms with E-state index in [9.17, 15) is 13.2 Å². The van der Waals surface area contributed by atoms with E-state index in [1.165, 1.54) is 5.56 Å². The van der Waals surface area contributed by atoms with Gasteiger partial charge in [0.25, 0.3) is 10.0 Å². The van der Waals surface area contributed by atoms with Crippen LogP contribution in [0.25, 0.3) is 0 Å². The summed E-state index contributed by atoms with van der Waals surface area (Å²) >= 11 is 0. The van der Waals surface area contributed by atoms with E-state index in [4.69, 9.17) is 0 Å². The molecule has 0 aliphatic carbocycles. The van der Waals surface area contributed by atoms with Gasteiger partial charge < -0.3 is 10.2 Å². The minimum Gasteiger partial charge on any atom is -0.343 e. The summed E-state index contributed by atoms with van der Waals surface area (Å²) in [5.41, 5.74) is 1.91. The van der Waals surface area contributed by atoms with E-state index < -0.39 is 10.0 Å². The van der Waals surface area contributed by atoms with E-state index in [1.54, 1.807) is 24.3 Å². The van der Waals surface area contributed by atoms with Gasteiger partial charge in [-0.1, -0.05) is 49.4 Å². The van der Waals surface area contributed by atoms with Crippen LogP contribution in [0, 0.1) is 11.8 Å². The van der Waals surface area contributed by atoms with Crippen LogP contribution >= 0.6 is 0 Å². The number of carbonyl (C=O) groups excluding carboxylic acids is 1. The third-order valence-electron chi connectivity index (χ3n) is 6.07. The fourth-order valence-corrected chi connectivity index (χ4v) is 5.58. The Balaban J connectivity index is 1.27. The molecule has 6 nitrogen and oxygen atoms in total. The number of fused-ring (bicyclic) bond motifs is 1. The first-order chi connectivity index (χ1) is 14.9. The number of benzene rings is 2. The van der Waals surface area contributed by atoms with Gasteiger partial charge >= 0.3 is 0 Å². The summed E-state index contributed by atoms with van der Waals surface area (Å²) in [5.74, 6) is 1.17. The fraction of sp³-hybridized carbons (Fsp3) is 0.417. The predicted octanol–water partition coefficient (Wildman–Crippen LogP) is 4.10. The number of rotatable bonds is 6. The first-order valence-electron chi connectivity index (χ1n) is 10.9. The van der Waals surface area contributed by atoms with Gasteiger partial charge in [-0.3, -0.25) is 4.79 Å². The number of piperidine rings is 1. The smallest absolute Gasteiger partial charge is 0.286 e. The molecule has 1 atom stereocenters. The number of nitrogens with zero attached hydrogens (tertiary/aromatic N) is 2. The summed E-state index contributed by atoms with van der Waals surface area (Å²) in [6, 6.07) is 17.3. The van der Waals surface area contributed by atoms with Crippen LogP contribution in [0.3, 0.4) is 0 Å². The molecule has 2 aromatic rings. The second-order valence-electron chi connectivity index (χ2n) is 8.66. The van der Waals surface area contributed by atoms with E-state index in [0.717, 1.165) is 32.4 Å². The maximum atomic E-state index is 12.8. The third-order valence-corrected chi connectivity index (χ3v) is 7.45. The highest BCUT2D eigenvalue weighted by Crippen LogP contribution is 2.28. The van der Waals surface area contributed by atoms with Gasteiger partial charge in [0.1, 0.15) is 10.7 Å². The van der Waals surface area contributed by atoms with Crippen LogP contribution in [0.5, 0.6) is 0 Å². The molecule has 0 bridgehead atoms. The van der Waals surface area contributed by atoms with Crippen LogP contribution in [-0.2, 0) is 21.2 Å². The molecule has 2 aliphatic rings. The van der Waals surface area contributed by atoms with E-state index in [0.29, 0.717) is 30.3 Å². The summed E-state index contributed by atoms with van der Waals surface area (Å²) in [4.78, 5) is 14.9. The molecule has 0 unspecified atom stereocenters. The van der Waals surface area contributed by atoms with Crippen molar-refractivity contribution in [3.63, 3.8) is 0 Å². The maximum Gasteiger partial charge on any atom is 0.286 e. The van der Waals surface area contributed by atoms with Crippen molar-refractivity contribution in [1.82, 2.24) is 4.90 Å². The number of nitrogens with one attached hydrogen (secondary N) is 1. The Morgan fingerprint density at radius 1 is 1.10 bits per heavy atom. The summed E-state index contributed by atoms with van der Waals surface area (Å²) in [7, 11) is -3.69. The molecular weight excluding hydrogens is 410 g/mol. The van der Waals surface area contributed by atoms with E-state index in [1.807, 2.05) is 17.9 Å². The lowest BCUT2D eigenvalue weighted by Crippen LogP contribution is -2.39. The zero-order valence-electron chi connectivity index (χ0n) is 17.8. The molecular formula is C24H29N3O3S. The van der Waals surface area contributed by atoms with Gasteiger partial charge in [0.2, 0.25) is 5.91 Å². The van der Waals surface area contributed by atoms with Gasteiger partial charge in [0.05, 0.1) is 5.69 Å². The number of hydrogen-bond donors (Lipinski definition) is 1. The number of hydrogen-bond acceptors (Lipinski definition) is 4. The number of likely N-dealkylation sites (tertiary alicyclic amines) is 1. The Bertz CT molecular complexity index is 1060. The topological polar surface area (TPSA) is 78.8 Å². The molecule has 1 N–H and O–H groups in total. The zero-order valence-corrected chi connectivity index (χ0v) is 18.6. The maximum absolute atomic E-state index is 12.8. The highest BCUT2D eigenvalue weighted by molar-refractivity contribution is 7.90. The molecule has 0 spiro atoms. The zero-order chi connectivity index (χ0) is 21.8. The summed E-state index contributed by atoms with van der Waals surface area (Å²) < 4.78 is 28.7. The Labute approximate surface area is 184 Å². The van der Waals surface area contributed by atoms with Crippen molar-refractivity contribution in [3.8, 4) is 0 Å². The monoisotopic (exact) mass is 439 g/mol. The highest BCUT2D eigenvalue weighted by Gasteiger charge is 2.27. The molecule has 7 heteroatoms. The van der Waals surface area contributed by atoms with Crippen LogP contribution in [0.2, 0.25) is 0 Å². The number of amides is 1. The van der Waals surface area contributed by atoms with Crippen LogP contribution in [-0.4, -0.2) is 38.2 Å². The molecule has 31 heavy (non-hydrogen) atoms. The molecule has 0 aromatic heterocycles. The van der Waals surface area contributed by atoms with Crippen LogP contribution < -0.4 is 5.32 Å². The van der Waals surface area contributed by atoms with Crippen molar-refractivity contribution in [2.24, 2.45) is 16.2 Å². The molecule has 1 saturated heterocycles. The molecule has 2 aliphatic heterocycles. The van der Waals surface area contributed by atoms with Gasteiger partial charge in [-0.05, 0) is 48.8 Å². The highest BCUT2D eigenvalue weighted by atomic mass is 32.2. The van der Waals surface area contributed by atoms with Gasteiger partial charge in [-0.15, -0.1) is 4.40 Å². The lowest BCUT2D eigenvalue weighted by atomic mass is 9.90. The molecule has 164 valence electrons. The summed E-state index contributed by atoms with van der Waals surface area (Å²) in [5, 5.41) is 3.11. The quantitative estimate of drug-likeness (QED) is 0.735. The normalized spacial score (nSPS) is 19.1. The lowest BCUT2D eigenvalue weighted by Gasteiger charge is -2.33. The Kier molecular flexibility index (Phi) is 6.41. The van der Waals surface area contributed by atoms with E-state index in [-0.39, 0.29) is 16.7 Å².